The number of nitrogens with one attached hydrogen (secondary N) is 1. The van der Waals surface area contributed by atoms with Crippen LogP contribution >= 0.6 is 11.3 Å². The van der Waals surface area contributed by atoms with Crippen molar-refractivity contribution in [3.05, 3.63) is 51.5 Å². The van der Waals surface area contributed by atoms with E-state index < -0.39 is 17.8 Å². The lowest BCUT2D eigenvalue weighted by Crippen LogP contribution is -2.21. The number of rotatable bonds is 3. The Bertz CT molecular complexity index is 563. The first-order valence-electron chi connectivity index (χ1n) is 5.69. The smallest absolute Gasteiger partial charge is 0.309 e. The van der Waals surface area contributed by atoms with Gasteiger partial charge in [-0.2, -0.15) is 13.2 Å². The fourth-order valence-corrected chi connectivity index (χ4v) is 2.88. The Morgan fingerprint density at radius 1 is 1.26 bits per heavy atom. The maximum atomic E-state index is 13.0. The number of aromatic nitrogens is 1. The van der Waals surface area contributed by atoms with Crippen LogP contribution in [0.5, 0.6) is 0 Å². The van der Waals surface area contributed by atoms with E-state index in [1.807, 2.05) is 6.92 Å². The number of hydrogen-bond donors (Lipinski definition) is 1. The van der Waals surface area contributed by atoms with Gasteiger partial charge in [0.05, 0.1) is 16.6 Å². The van der Waals surface area contributed by atoms with Crippen LogP contribution in [0.2, 0.25) is 0 Å². The van der Waals surface area contributed by atoms with E-state index >= 15 is 0 Å². The van der Waals surface area contributed by atoms with E-state index in [0.717, 1.165) is 16.0 Å². The SMILES string of the molecule is CNC(c1cnc(C)s1)c1ccccc1C(F)(F)F. The van der Waals surface area contributed by atoms with Gasteiger partial charge in [-0.25, -0.2) is 4.98 Å². The molecule has 102 valence electrons. The summed E-state index contributed by atoms with van der Waals surface area (Å²) >= 11 is 1.39. The summed E-state index contributed by atoms with van der Waals surface area (Å²) in [6.45, 7) is 1.83. The predicted octanol–water partition coefficient (Wildman–Crippen LogP) is 3.78. The Labute approximate surface area is 113 Å². The zero-order valence-electron chi connectivity index (χ0n) is 10.5. The van der Waals surface area contributed by atoms with Crippen LogP contribution in [0.1, 0.15) is 27.1 Å². The van der Waals surface area contributed by atoms with Gasteiger partial charge in [0.2, 0.25) is 0 Å². The van der Waals surface area contributed by atoms with Gasteiger partial charge < -0.3 is 5.32 Å². The van der Waals surface area contributed by atoms with Crippen molar-refractivity contribution < 1.29 is 13.2 Å². The summed E-state index contributed by atoms with van der Waals surface area (Å²) in [4.78, 5) is 4.87. The van der Waals surface area contributed by atoms with Crippen LogP contribution in [0.4, 0.5) is 13.2 Å². The second-order valence-corrected chi connectivity index (χ2v) is 5.35. The molecule has 0 fully saturated rings. The van der Waals surface area contributed by atoms with E-state index in [-0.39, 0.29) is 5.56 Å². The van der Waals surface area contributed by atoms with Gasteiger partial charge in [-0.3, -0.25) is 0 Å². The van der Waals surface area contributed by atoms with Gasteiger partial charge in [0.25, 0.3) is 0 Å². The monoisotopic (exact) mass is 286 g/mol. The van der Waals surface area contributed by atoms with Crippen molar-refractivity contribution in [1.29, 1.82) is 0 Å². The lowest BCUT2D eigenvalue weighted by Gasteiger charge is -2.20. The second kappa shape index (κ2) is 5.30. The van der Waals surface area contributed by atoms with Crippen molar-refractivity contribution in [1.82, 2.24) is 10.3 Å². The Kier molecular flexibility index (Phi) is 3.91. The highest BCUT2D eigenvalue weighted by molar-refractivity contribution is 7.11. The molecule has 0 aliphatic rings. The predicted molar refractivity (Wildman–Crippen MR) is 69.2 cm³/mol. The first kappa shape index (κ1) is 14.0. The zero-order valence-corrected chi connectivity index (χ0v) is 11.3. The zero-order chi connectivity index (χ0) is 14.0. The number of benzene rings is 1. The van der Waals surface area contributed by atoms with Crippen molar-refractivity contribution >= 4 is 11.3 Å². The van der Waals surface area contributed by atoms with E-state index in [4.69, 9.17) is 0 Å². The minimum Gasteiger partial charge on any atom is -0.309 e. The lowest BCUT2D eigenvalue weighted by atomic mass is 9.99. The molecule has 1 aromatic heterocycles. The van der Waals surface area contributed by atoms with Gasteiger partial charge in [0.15, 0.2) is 0 Å². The van der Waals surface area contributed by atoms with Crippen LogP contribution in [0.25, 0.3) is 0 Å². The third-order valence-electron chi connectivity index (χ3n) is 2.79. The number of thiazole rings is 1. The summed E-state index contributed by atoms with van der Waals surface area (Å²) in [6.07, 6.45) is -2.74. The van der Waals surface area contributed by atoms with Crippen LogP contribution in [0.15, 0.2) is 30.5 Å². The standard InChI is InChI=1S/C13H13F3N2S/c1-8-18-7-11(19-8)12(17-2)9-5-3-4-6-10(9)13(14,15)16/h3-7,12,17H,1-2H3. The highest BCUT2D eigenvalue weighted by atomic mass is 32.1. The third kappa shape index (κ3) is 2.96. The van der Waals surface area contributed by atoms with Gasteiger partial charge in [-0.05, 0) is 25.6 Å². The molecule has 19 heavy (non-hydrogen) atoms. The molecule has 0 spiro atoms. The van der Waals surface area contributed by atoms with Crippen molar-refractivity contribution in [2.45, 2.75) is 19.1 Å². The number of alkyl halides is 3. The molecule has 0 radical (unpaired) electrons. The van der Waals surface area contributed by atoms with Crippen molar-refractivity contribution in [2.75, 3.05) is 7.05 Å². The molecule has 0 aliphatic carbocycles. The highest BCUT2D eigenvalue weighted by Crippen LogP contribution is 2.37. The van der Waals surface area contributed by atoms with Crippen LogP contribution in [0, 0.1) is 6.92 Å². The fraction of sp³-hybridized carbons (Fsp3) is 0.308. The molecule has 0 amide bonds. The lowest BCUT2D eigenvalue weighted by molar-refractivity contribution is -0.138. The van der Waals surface area contributed by atoms with E-state index in [9.17, 15) is 13.2 Å². The largest absolute Gasteiger partial charge is 0.416 e. The molecular weight excluding hydrogens is 273 g/mol. The molecule has 2 aromatic rings. The van der Waals surface area contributed by atoms with E-state index in [1.165, 1.54) is 23.5 Å². The number of aryl methyl sites for hydroxylation is 1. The van der Waals surface area contributed by atoms with Crippen LogP contribution in [-0.4, -0.2) is 12.0 Å². The van der Waals surface area contributed by atoms with Gasteiger partial charge in [-0.15, -0.1) is 11.3 Å². The van der Waals surface area contributed by atoms with Crippen LogP contribution < -0.4 is 5.32 Å². The van der Waals surface area contributed by atoms with Crippen LogP contribution in [0.3, 0.4) is 0 Å². The minimum atomic E-state index is -4.36. The summed E-state index contributed by atoms with van der Waals surface area (Å²) in [5, 5.41) is 3.76. The molecule has 0 aliphatic heterocycles. The highest BCUT2D eigenvalue weighted by Gasteiger charge is 2.35. The first-order valence-corrected chi connectivity index (χ1v) is 6.51. The van der Waals surface area contributed by atoms with Crippen molar-refractivity contribution in [2.24, 2.45) is 0 Å². The molecule has 1 heterocycles. The average molecular weight is 286 g/mol. The molecule has 1 aromatic carbocycles. The third-order valence-corrected chi connectivity index (χ3v) is 3.77. The molecule has 0 bridgehead atoms. The number of halogens is 3. The summed E-state index contributed by atoms with van der Waals surface area (Å²) in [5.74, 6) is 0. The molecule has 1 atom stereocenters. The summed E-state index contributed by atoms with van der Waals surface area (Å²) in [5.41, 5.74) is -0.387. The second-order valence-electron chi connectivity index (χ2n) is 4.09. The van der Waals surface area contributed by atoms with Crippen LogP contribution in [-0.2, 0) is 6.18 Å². The van der Waals surface area contributed by atoms with Gasteiger partial charge >= 0.3 is 6.18 Å². The number of nitrogens with zero attached hydrogens (tertiary/aromatic N) is 1. The van der Waals surface area contributed by atoms with E-state index in [1.54, 1.807) is 19.3 Å². The quantitative estimate of drug-likeness (QED) is 0.929. The van der Waals surface area contributed by atoms with Gasteiger partial charge in [-0.1, -0.05) is 18.2 Å². The minimum absolute atomic E-state index is 0.223. The maximum absolute atomic E-state index is 13.0. The molecule has 2 rings (SSSR count). The summed E-state index contributed by atoms with van der Waals surface area (Å²) in [6, 6.07) is 5.12. The molecule has 0 saturated carbocycles. The van der Waals surface area contributed by atoms with Gasteiger partial charge in [0, 0.05) is 11.1 Å². The summed E-state index contributed by atoms with van der Waals surface area (Å²) in [7, 11) is 1.65. The van der Waals surface area contributed by atoms with Crippen molar-refractivity contribution in [3.63, 3.8) is 0 Å². The maximum Gasteiger partial charge on any atom is 0.416 e. The Balaban J connectivity index is 2.50. The summed E-state index contributed by atoms with van der Waals surface area (Å²) < 4.78 is 39.1. The topological polar surface area (TPSA) is 24.9 Å². The van der Waals surface area contributed by atoms with Gasteiger partial charge in [0.1, 0.15) is 0 Å². The number of hydrogen-bond acceptors (Lipinski definition) is 3. The molecular formula is C13H13F3N2S. The van der Waals surface area contributed by atoms with E-state index in [0.29, 0.717) is 0 Å². The van der Waals surface area contributed by atoms with E-state index in [2.05, 4.69) is 10.3 Å². The Hall–Kier alpha value is -1.40. The normalized spacial score (nSPS) is 13.5. The molecule has 1 N–H and O–H groups in total. The molecule has 6 heteroatoms. The first-order chi connectivity index (χ1) is 8.93. The fourth-order valence-electron chi connectivity index (χ4n) is 1.97. The average Bonchev–Trinajstić information content (AvgIpc) is 2.76. The molecule has 2 nitrogen and oxygen atoms in total. The van der Waals surface area contributed by atoms with Crippen molar-refractivity contribution in [3.8, 4) is 0 Å². The Morgan fingerprint density at radius 2 is 1.95 bits per heavy atom. The Morgan fingerprint density at radius 3 is 2.47 bits per heavy atom. The molecule has 0 saturated heterocycles. The molecule has 1 unspecified atom stereocenters.